The second-order valence-electron chi connectivity index (χ2n) is 13.6. The third-order valence-corrected chi connectivity index (χ3v) is 11.9. The van der Waals surface area contributed by atoms with Crippen LogP contribution in [0, 0.1) is 12.8 Å². The molecule has 1 aliphatic carbocycles. The van der Waals surface area contributed by atoms with Gasteiger partial charge in [0.15, 0.2) is 5.82 Å². The van der Waals surface area contributed by atoms with Crippen LogP contribution in [0.2, 0.25) is 10.0 Å². The van der Waals surface area contributed by atoms with Crippen molar-refractivity contribution in [1.29, 1.82) is 0 Å². The van der Waals surface area contributed by atoms with Crippen LogP contribution in [-0.4, -0.2) is 57.4 Å². The molecule has 4 heterocycles. The average molecular weight is 793 g/mol. The van der Waals surface area contributed by atoms with Crippen LogP contribution in [-0.2, 0) is 22.7 Å². The Morgan fingerprint density at radius 1 is 1.02 bits per heavy atom. The summed E-state index contributed by atoms with van der Waals surface area (Å²) in [6.07, 6.45) is 6.05. The van der Waals surface area contributed by atoms with E-state index in [1.165, 1.54) is 0 Å². The first kappa shape index (κ1) is 37.9. The van der Waals surface area contributed by atoms with Crippen LogP contribution in [0.4, 0.5) is 15.9 Å². The molecule has 5 N–H and O–H groups in total. The predicted octanol–water partition coefficient (Wildman–Crippen LogP) is 8.19. The number of aryl methyl sites for hydroxylation is 1. The Labute approximate surface area is 326 Å². The first-order valence-corrected chi connectivity index (χ1v) is 19.5. The van der Waals surface area contributed by atoms with Crippen LogP contribution in [0.25, 0.3) is 32.6 Å². The number of carbonyl (C=O) groups is 2. The number of amides is 1. The molecular formula is C39H40Cl2FN7O4S. The molecule has 0 unspecified atom stereocenters. The Balaban J connectivity index is 1.09. The highest BCUT2D eigenvalue weighted by Crippen LogP contribution is 2.43. The maximum absolute atomic E-state index is 13.6. The van der Waals surface area contributed by atoms with Gasteiger partial charge in [-0.15, -0.1) is 11.3 Å². The number of halogens is 3. The Morgan fingerprint density at radius 2 is 1.78 bits per heavy atom. The van der Waals surface area contributed by atoms with E-state index in [0.717, 1.165) is 45.6 Å². The Bertz CT molecular complexity index is 2180. The van der Waals surface area contributed by atoms with E-state index in [4.69, 9.17) is 32.9 Å². The van der Waals surface area contributed by atoms with Crippen LogP contribution < -0.4 is 26.0 Å². The number of fused-ring (bicyclic) bond motifs is 1. The summed E-state index contributed by atoms with van der Waals surface area (Å²) in [5, 5.41) is 24.3. The molecule has 1 saturated carbocycles. The maximum Gasteiger partial charge on any atom is 0.306 e. The summed E-state index contributed by atoms with van der Waals surface area (Å²) >= 11 is 15.8. The van der Waals surface area contributed by atoms with E-state index in [-0.39, 0.29) is 29.8 Å². The van der Waals surface area contributed by atoms with E-state index in [0.29, 0.717) is 82.8 Å². The van der Waals surface area contributed by atoms with Crippen molar-refractivity contribution in [2.24, 2.45) is 5.92 Å². The molecule has 2 aromatic carbocycles. The normalized spacial score (nSPS) is 18.5. The number of hydrogen-bond acceptors (Lipinski definition) is 10. The van der Waals surface area contributed by atoms with E-state index in [1.807, 2.05) is 55.5 Å². The number of anilines is 2. The van der Waals surface area contributed by atoms with E-state index in [9.17, 15) is 19.1 Å². The van der Waals surface area contributed by atoms with Gasteiger partial charge in [-0.25, -0.2) is 19.3 Å². The molecule has 1 amide bonds. The molecule has 15 heteroatoms. The van der Waals surface area contributed by atoms with Crippen LogP contribution in [0.3, 0.4) is 0 Å². The number of alkyl halides is 1. The van der Waals surface area contributed by atoms with Gasteiger partial charge in [-0.2, -0.15) is 0 Å². The summed E-state index contributed by atoms with van der Waals surface area (Å²) in [7, 11) is 0. The number of nitrogens with one attached hydrogen (secondary N) is 4. The zero-order valence-corrected chi connectivity index (χ0v) is 31.9. The van der Waals surface area contributed by atoms with E-state index in [1.54, 1.807) is 17.5 Å². The minimum atomic E-state index is -1.04. The summed E-state index contributed by atoms with van der Waals surface area (Å²) in [5.41, 5.74) is 5.46. The lowest BCUT2D eigenvalue weighted by Gasteiger charge is -2.26. The lowest BCUT2D eigenvalue weighted by Crippen LogP contribution is -2.35. The van der Waals surface area contributed by atoms with Crippen molar-refractivity contribution in [2.45, 2.75) is 70.6 Å². The minimum absolute atomic E-state index is 0.0495. The lowest BCUT2D eigenvalue weighted by atomic mass is 9.86. The minimum Gasteiger partial charge on any atom is -0.481 e. The molecular weight excluding hydrogens is 752 g/mol. The number of carboxylic acid groups (broad SMARTS) is 1. The van der Waals surface area contributed by atoms with Gasteiger partial charge in [0.2, 0.25) is 18.6 Å². The van der Waals surface area contributed by atoms with Crippen molar-refractivity contribution in [3.05, 3.63) is 80.9 Å². The molecule has 282 valence electrons. The molecule has 5 aromatic rings. The molecule has 2 aliphatic rings. The summed E-state index contributed by atoms with van der Waals surface area (Å²) in [6, 6.07) is 15.4. The monoisotopic (exact) mass is 791 g/mol. The highest BCUT2D eigenvalue weighted by Gasteiger charge is 2.26. The number of benzene rings is 2. The van der Waals surface area contributed by atoms with E-state index < -0.39 is 12.8 Å². The molecule has 0 bridgehead atoms. The highest BCUT2D eigenvalue weighted by atomic mass is 35.5. The van der Waals surface area contributed by atoms with E-state index >= 15 is 0 Å². The summed E-state index contributed by atoms with van der Waals surface area (Å²) in [5.74, 6) is -0.167. The zero-order valence-electron chi connectivity index (χ0n) is 29.6. The lowest BCUT2D eigenvalue weighted by molar-refractivity contribution is -0.142. The molecule has 3 aromatic heterocycles. The molecule has 1 aliphatic heterocycles. The number of hydrogen-bond donors (Lipinski definition) is 5. The van der Waals surface area contributed by atoms with Gasteiger partial charge in [-0.05, 0) is 62.8 Å². The fraction of sp³-hybridized carbons (Fsp3) is 0.359. The Kier molecular flexibility index (Phi) is 11.9. The fourth-order valence-electron chi connectivity index (χ4n) is 7.14. The summed E-state index contributed by atoms with van der Waals surface area (Å²) in [6.45, 7) is 2.44. The van der Waals surface area contributed by atoms with Crippen molar-refractivity contribution in [2.75, 3.05) is 18.7 Å². The van der Waals surface area contributed by atoms with Crippen molar-refractivity contribution < 1.29 is 23.8 Å². The maximum atomic E-state index is 13.6. The number of carboxylic acids is 1. The van der Waals surface area contributed by atoms with Crippen molar-refractivity contribution >= 4 is 68.1 Å². The standard InChI is InChI=1S/C39H40Cl2FN7O4S/c1-21-16-30(48-38(53-20-42)28(21)18-43-17-24-12-13-32(50)46-24)27-6-2-4-25(34(27)40)26-5-3-7-29(35(26)41)47-37-36-31(14-15-44-37)54-33(49-36)19-45-23-10-8-22(9-11-23)39(51)52/h2-7,14-16,22-24,43,45H,8-13,17-20H2,1H3,(H,44,47)(H,46,50)(H,51,52)/t22-,23-,24-/m0/s1. The molecule has 0 spiro atoms. The van der Waals surface area contributed by atoms with Crippen molar-refractivity contribution in [3.63, 3.8) is 0 Å². The van der Waals surface area contributed by atoms with Gasteiger partial charge in [0.1, 0.15) is 10.5 Å². The molecule has 11 nitrogen and oxygen atoms in total. The number of rotatable bonds is 14. The van der Waals surface area contributed by atoms with Gasteiger partial charge in [0.25, 0.3) is 0 Å². The van der Waals surface area contributed by atoms with Crippen LogP contribution >= 0.6 is 34.5 Å². The Morgan fingerprint density at radius 3 is 2.52 bits per heavy atom. The summed E-state index contributed by atoms with van der Waals surface area (Å²) in [4.78, 5) is 37.1. The molecule has 2 fully saturated rings. The topological polar surface area (TPSA) is 150 Å². The fourth-order valence-corrected chi connectivity index (χ4v) is 8.66. The Hall–Kier alpha value is -4.40. The number of aromatic nitrogens is 3. The third-order valence-electron chi connectivity index (χ3n) is 10.1. The van der Waals surface area contributed by atoms with E-state index in [2.05, 4.69) is 31.2 Å². The summed E-state index contributed by atoms with van der Waals surface area (Å²) < 4.78 is 19.9. The number of thiazole rings is 1. The number of nitrogens with zero attached hydrogens (tertiary/aromatic N) is 3. The first-order chi connectivity index (χ1) is 26.2. The first-order valence-electron chi connectivity index (χ1n) is 17.9. The van der Waals surface area contributed by atoms with Crippen molar-refractivity contribution in [1.82, 2.24) is 30.9 Å². The van der Waals surface area contributed by atoms with Crippen molar-refractivity contribution in [3.8, 4) is 28.3 Å². The molecule has 1 atom stereocenters. The molecule has 1 saturated heterocycles. The highest BCUT2D eigenvalue weighted by molar-refractivity contribution is 7.18. The van der Waals surface area contributed by atoms with Gasteiger partial charge >= 0.3 is 5.97 Å². The number of pyridine rings is 2. The number of carbonyl (C=O) groups excluding carboxylic acids is 1. The van der Waals surface area contributed by atoms with Gasteiger partial charge in [-0.1, -0.05) is 53.5 Å². The van der Waals surface area contributed by atoms with Gasteiger partial charge < -0.3 is 31.1 Å². The van der Waals surface area contributed by atoms with Crippen LogP contribution in [0.5, 0.6) is 5.88 Å². The molecule has 7 rings (SSSR count). The van der Waals surface area contributed by atoms with Crippen LogP contribution in [0.15, 0.2) is 54.7 Å². The molecule has 54 heavy (non-hydrogen) atoms. The van der Waals surface area contributed by atoms with Gasteiger partial charge in [0, 0.05) is 66.6 Å². The van der Waals surface area contributed by atoms with Gasteiger partial charge in [-0.3, -0.25) is 9.59 Å². The van der Waals surface area contributed by atoms with Gasteiger partial charge in [0.05, 0.1) is 32.0 Å². The third kappa shape index (κ3) is 8.45. The predicted molar refractivity (Wildman–Crippen MR) is 210 cm³/mol. The molecule has 0 radical (unpaired) electrons. The number of aliphatic carboxylic acids is 1. The second-order valence-corrected chi connectivity index (χ2v) is 15.5. The van der Waals surface area contributed by atoms with Crippen LogP contribution in [0.1, 0.15) is 54.7 Å². The quantitative estimate of drug-likeness (QED) is 0.0745. The largest absolute Gasteiger partial charge is 0.481 e. The second kappa shape index (κ2) is 17.0. The average Bonchev–Trinajstić information content (AvgIpc) is 3.79. The number of ether oxygens (including phenoxy) is 1. The smallest absolute Gasteiger partial charge is 0.306 e. The SMILES string of the molecule is Cc1cc(-c2cccc(-c3cccc(Nc4nccc5sc(CN[C@H]6CC[C@H](C(=O)O)CC6)nc45)c3Cl)c2Cl)nc(OCF)c1CNC[C@@H]1CCC(=O)N1. The zero-order chi connectivity index (χ0) is 37.8.